The van der Waals surface area contributed by atoms with Crippen LogP contribution in [-0.2, 0) is 0 Å². The van der Waals surface area contributed by atoms with Gasteiger partial charge in [-0.05, 0) is 64.9 Å². The summed E-state index contributed by atoms with van der Waals surface area (Å²) < 4.78 is 7.18. The Kier molecular flexibility index (Phi) is 4.97. The number of hydrazone groups is 1. The molecule has 6 heteroatoms. The SMILES string of the molecule is O=C(c1ccc(Cl)cc1)C1Oc2ccc(Br)cc2C2CC(c3ccc4ccccc4c3)=NN12. The number of halogens is 2. The molecule has 0 spiro atoms. The van der Waals surface area contributed by atoms with Crippen LogP contribution in [0, 0.1) is 0 Å². The summed E-state index contributed by atoms with van der Waals surface area (Å²) in [6.07, 6.45) is -0.155. The molecule has 0 saturated carbocycles. The minimum atomic E-state index is -0.845. The summed E-state index contributed by atoms with van der Waals surface area (Å²) >= 11 is 9.59. The minimum absolute atomic E-state index is 0.0889. The Labute approximate surface area is 204 Å². The second kappa shape index (κ2) is 8.01. The molecule has 162 valence electrons. The molecule has 0 saturated heterocycles. The molecule has 4 aromatic rings. The third kappa shape index (κ3) is 3.62. The van der Waals surface area contributed by atoms with Gasteiger partial charge in [0.2, 0.25) is 5.78 Å². The molecule has 4 aromatic carbocycles. The standard InChI is InChI=1S/C27H18BrClN2O2/c28-20-9-12-25-22(14-20)24-15-23(19-6-5-16-3-1-2-4-18(16)13-19)30-31(24)27(33-25)26(32)17-7-10-21(29)11-8-17/h1-14,24,27H,15H2. The van der Waals surface area contributed by atoms with Crippen LogP contribution in [0.4, 0.5) is 0 Å². The van der Waals surface area contributed by atoms with E-state index >= 15 is 0 Å². The smallest absolute Gasteiger partial charge is 0.251 e. The predicted octanol–water partition coefficient (Wildman–Crippen LogP) is 7.01. The minimum Gasteiger partial charge on any atom is -0.461 e. The number of ether oxygens (including phenoxy) is 1. The zero-order chi connectivity index (χ0) is 22.5. The highest BCUT2D eigenvalue weighted by molar-refractivity contribution is 9.10. The normalized spacial score (nSPS) is 19.0. The molecule has 2 aliphatic rings. The van der Waals surface area contributed by atoms with Crippen molar-refractivity contribution >= 4 is 49.8 Å². The van der Waals surface area contributed by atoms with E-state index < -0.39 is 6.23 Å². The van der Waals surface area contributed by atoms with Gasteiger partial charge < -0.3 is 4.74 Å². The first-order valence-corrected chi connectivity index (χ1v) is 11.8. The summed E-state index contributed by atoms with van der Waals surface area (Å²) in [4.78, 5) is 13.5. The van der Waals surface area contributed by atoms with E-state index in [1.807, 2.05) is 29.3 Å². The lowest BCUT2D eigenvalue weighted by Crippen LogP contribution is -2.45. The maximum absolute atomic E-state index is 13.5. The molecule has 2 aliphatic heterocycles. The lowest BCUT2D eigenvalue weighted by atomic mass is 9.95. The van der Waals surface area contributed by atoms with Crippen molar-refractivity contribution in [3.8, 4) is 5.75 Å². The Hall–Kier alpha value is -3.15. The number of carbonyl (C=O) groups is 1. The molecule has 0 aliphatic carbocycles. The van der Waals surface area contributed by atoms with E-state index in [0.717, 1.165) is 26.7 Å². The van der Waals surface area contributed by atoms with Crippen molar-refractivity contribution in [2.75, 3.05) is 0 Å². The van der Waals surface area contributed by atoms with Gasteiger partial charge in [0.1, 0.15) is 5.75 Å². The fraction of sp³-hybridized carbons (Fsp3) is 0.111. The molecule has 2 atom stereocenters. The maximum atomic E-state index is 13.5. The van der Waals surface area contributed by atoms with Crippen LogP contribution < -0.4 is 4.74 Å². The van der Waals surface area contributed by atoms with Crippen molar-refractivity contribution in [3.63, 3.8) is 0 Å². The summed E-state index contributed by atoms with van der Waals surface area (Å²) in [6.45, 7) is 0. The molecule has 6 rings (SSSR count). The number of fused-ring (bicyclic) bond motifs is 4. The Morgan fingerprint density at radius 2 is 1.76 bits per heavy atom. The molecular formula is C27H18BrClN2O2. The summed E-state index contributed by atoms with van der Waals surface area (Å²) in [5.74, 6) is 0.565. The number of ketones is 1. The van der Waals surface area contributed by atoms with Gasteiger partial charge in [0.15, 0.2) is 0 Å². The highest BCUT2D eigenvalue weighted by Gasteiger charge is 2.43. The Morgan fingerprint density at radius 3 is 2.58 bits per heavy atom. The fourth-order valence-electron chi connectivity index (χ4n) is 4.53. The first-order valence-electron chi connectivity index (χ1n) is 10.7. The molecule has 0 fully saturated rings. The van der Waals surface area contributed by atoms with Crippen molar-refractivity contribution in [2.45, 2.75) is 18.7 Å². The molecule has 0 radical (unpaired) electrons. The molecule has 0 aromatic heterocycles. The van der Waals surface area contributed by atoms with Gasteiger partial charge in [-0.15, -0.1) is 0 Å². The van der Waals surface area contributed by atoms with Gasteiger partial charge in [0.25, 0.3) is 6.23 Å². The number of hydrogen-bond acceptors (Lipinski definition) is 4. The van der Waals surface area contributed by atoms with Gasteiger partial charge in [-0.2, -0.15) is 5.10 Å². The summed E-state index contributed by atoms with van der Waals surface area (Å²) in [5, 5.41) is 9.67. The van der Waals surface area contributed by atoms with Crippen molar-refractivity contribution < 1.29 is 9.53 Å². The Bertz CT molecular complexity index is 1430. The number of nitrogens with zero attached hydrogens (tertiary/aromatic N) is 2. The van der Waals surface area contributed by atoms with Crippen LogP contribution in [-0.4, -0.2) is 22.7 Å². The topological polar surface area (TPSA) is 41.9 Å². The van der Waals surface area contributed by atoms with Crippen LogP contribution in [0.15, 0.2) is 94.5 Å². The molecule has 2 unspecified atom stereocenters. The van der Waals surface area contributed by atoms with E-state index in [-0.39, 0.29) is 11.8 Å². The van der Waals surface area contributed by atoms with Crippen molar-refractivity contribution in [1.29, 1.82) is 0 Å². The lowest BCUT2D eigenvalue weighted by molar-refractivity contribution is -0.00459. The first-order chi connectivity index (χ1) is 16.1. The number of carbonyl (C=O) groups excluding carboxylic acids is 1. The average Bonchev–Trinajstić information content (AvgIpc) is 3.29. The molecule has 0 N–H and O–H groups in total. The van der Waals surface area contributed by atoms with Gasteiger partial charge in [-0.3, -0.25) is 4.79 Å². The highest BCUT2D eigenvalue weighted by Crippen LogP contribution is 2.44. The summed E-state index contributed by atoms with van der Waals surface area (Å²) in [5.41, 5.74) is 3.55. The van der Waals surface area contributed by atoms with E-state index in [1.54, 1.807) is 24.3 Å². The van der Waals surface area contributed by atoms with Crippen LogP contribution in [0.2, 0.25) is 5.02 Å². The van der Waals surface area contributed by atoms with Gasteiger partial charge in [-0.1, -0.05) is 63.9 Å². The third-order valence-electron chi connectivity index (χ3n) is 6.19. The Balaban J connectivity index is 1.43. The lowest BCUT2D eigenvalue weighted by Gasteiger charge is -2.37. The number of Topliss-reactive ketones (excluding diaryl/α,β-unsaturated/α-hetero) is 1. The van der Waals surface area contributed by atoms with Gasteiger partial charge in [-0.25, -0.2) is 5.01 Å². The van der Waals surface area contributed by atoms with Crippen molar-refractivity contribution in [2.24, 2.45) is 5.10 Å². The maximum Gasteiger partial charge on any atom is 0.251 e. The van der Waals surface area contributed by atoms with Gasteiger partial charge >= 0.3 is 0 Å². The monoisotopic (exact) mass is 516 g/mol. The average molecular weight is 518 g/mol. The van der Waals surface area contributed by atoms with Gasteiger partial charge in [0.05, 0.1) is 11.8 Å². The molecule has 0 amide bonds. The summed E-state index contributed by atoms with van der Waals surface area (Å²) in [6, 6.07) is 27.3. The highest BCUT2D eigenvalue weighted by atomic mass is 79.9. The van der Waals surface area contributed by atoms with Crippen LogP contribution in [0.5, 0.6) is 5.75 Å². The van der Waals surface area contributed by atoms with Crippen LogP contribution in [0.3, 0.4) is 0 Å². The Morgan fingerprint density at radius 1 is 0.970 bits per heavy atom. The molecular weight excluding hydrogens is 500 g/mol. The predicted molar refractivity (Wildman–Crippen MR) is 134 cm³/mol. The quantitative estimate of drug-likeness (QED) is 0.275. The van der Waals surface area contributed by atoms with E-state index in [0.29, 0.717) is 22.8 Å². The number of rotatable bonds is 3. The zero-order valence-corrected chi connectivity index (χ0v) is 19.8. The molecule has 33 heavy (non-hydrogen) atoms. The van der Waals surface area contributed by atoms with Crippen LogP contribution in [0.25, 0.3) is 10.8 Å². The van der Waals surface area contributed by atoms with Gasteiger partial charge in [0, 0.05) is 27.0 Å². The van der Waals surface area contributed by atoms with E-state index in [9.17, 15) is 4.79 Å². The zero-order valence-electron chi connectivity index (χ0n) is 17.4. The summed E-state index contributed by atoms with van der Waals surface area (Å²) in [7, 11) is 0. The van der Waals surface area contributed by atoms with Crippen LogP contribution in [0.1, 0.15) is 33.9 Å². The number of benzene rings is 4. The van der Waals surface area contributed by atoms with Crippen LogP contribution >= 0.6 is 27.5 Å². The molecule has 0 bridgehead atoms. The first kappa shape index (κ1) is 20.5. The van der Waals surface area contributed by atoms with Crippen molar-refractivity contribution in [1.82, 2.24) is 5.01 Å². The van der Waals surface area contributed by atoms with E-state index in [1.165, 1.54) is 5.39 Å². The fourth-order valence-corrected chi connectivity index (χ4v) is 5.04. The van der Waals surface area contributed by atoms with Crippen molar-refractivity contribution in [3.05, 3.63) is 111 Å². The van der Waals surface area contributed by atoms with E-state index in [2.05, 4.69) is 52.3 Å². The molecule has 4 nitrogen and oxygen atoms in total. The second-order valence-electron chi connectivity index (χ2n) is 8.23. The number of hydrogen-bond donors (Lipinski definition) is 0. The largest absolute Gasteiger partial charge is 0.461 e. The third-order valence-corrected chi connectivity index (χ3v) is 6.93. The molecule has 2 heterocycles. The van der Waals surface area contributed by atoms with E-state index in [4.69, 9.17) is 21.4 Å². The second-order valence-corrected chi connectivity index (χ2v) is 9.58.